The van der Waals surface area contributed by atoms with Crippen LogP contribution in [-0.4, -0.2) is 93.9 Å². The summed E-state index contributed by atoms with van der Waals surface area (Å²) in [7, 11) is 0. The van der Waals surface area contributed by atoms with E-state index in [1.807, 2.05) is 23.1 Å². The second-order valence-corrected chi connectivity index (χ2v) is 15.6. The number of likely N-dealkylation sites (tertiary alicyclic amines) is 3. The summed E-state index contributed by atoms with van der Waals surface area (Å²) in [5.41, 5.74) is 4.14. The fourth-order valence-corrected chi connectivity index (χ4v) is 9.39. The summed E-state index contributed by atoms with van der Waals surface area (Å²) in [6, 6.07) is 15.0. The number of piperidine rings is 2. The highest BCUT2D eigenvalue weighted by Crippen LogP contribution is 2.40. The first-order valence-electron chi connectivity index (χ1n) is 18.7. The van der Waals surface area contributed by atoms with Gasteiger partial charge in [0.25, 0.3) is 0 Å². The fraction of sp³-hybridized carbons (Fsp3) is 0.564. The van der Waals surface area contributed by atoms with E-state index in [4.69, 9.17) is 5.10 Å². The van der Waals surface area contributed by atoms with Crippen LogP contribution in [0.15, 0.2) is 53.4 Å². The standard InChI is InChI=1S/C39H49F3N6O2S/c40-39(41,42)33-10-9-30(25-35(33)51-27-37(50)46-22-12-29(13-23-46)24-28-6-2-1-3-7-28)38-32-26-43-16-11-34(32)48(44-38)19-5-17-45-20-14-31(15-21-45)47-18-4-8-36(47)49/h1-3,6-7,9-10,25,29,31,43H,4-5,8,11-24,26-27H2. The molecule has 3 saturated heterocycles. The smallest absolute Gasteiger partial charge is 0.342 e. The van der Waals surface area contributed by atoms with Crippen molar-refractivity contribution in [2.45, 2.75) is 88.0 Å². The molecule has 1 N–H and O–H groups in total. The second-order valence-electron chi connectivity index (χ2n) is 14.6. The number of amides is 2. The van der Waals surface area contributed by atoms with Gasteiger partial charge in [-0.3, -0.25) is 14.3 Å². The molecule has 0 aliphatic carbocycles. The van der Waals surface area contributed by atoms with Gasteiger partial charge in [-0.2, -0.15) is 18.3 Å². The zero-order valence-corrected chi connectivity index (χ0v) is 30.1. The van der Waals surface area contributed by atoms with E-state index in [2.05, 4.69) is 31.9 Å². The normalized spacial score (nSPS) is 19.5. The molecule has 2 aromatic carbocycles. The topological polar surface area (TPSA) is 73.7 Å². The highest BCUT2D eigenvalue weighted by molar-refractivity contribution is 8.00. The van der Waals surface area contributed by atoms with Crippen LogP contribution in [0.1, 0.15) is 67.3 Å². The third-order valence-corrected chi connectivity index (χ3v) is 12.2. The molecule has 4 aliphatic rings. The van der Waals surface area contributed by atoms with E-state index in [9.17, 15) is 22.8 Å². The zero-order chi connectivity index (χ0) is 35.4. The Morgan fingerprint density at radius 2 is 1.73 bits per heavy atom. The third-order valence-electron chi connectivity index (χ3n) is 11.2. The Hall–Kier alpha value is -3.35. The maximum Gasteiger partial charge on any atom is 0.417 e. The van der Waals surface area contributed by atoms with Crippen molar-refractivity contribution >= 4 is 23.6 Å². The van der Waals surface area contributed by atoms with Crippen LogP contribution in [0, 0.1) is 5.92 Å². The molecular formula is C39H49F3N6O2S. The summed E-state index contributed by atoms with van der Waals surface area (Å²) in [5.74, 6) is 0.662. The van der Waals surface area contributed by atoms with Gasteiger partial charge in [0.2, 0.25) is 11.8 Å². The lowest BCUT2D eigenvalue weighted by Gasteiger charge is -2.36. The van der Waals surface area contributed by atoms with Gasteiger partial charge in [0.05, 0.1) is 17.0 Å². The van der Waals surface area contributed by atoms with Crippen LogP contribution in [-0.2, 0) is 41.7 Å². The van der Waals surface area contributed by atoms with Crippen LogP contribution in [0.25, 0.3) is 11.3 Å². The van der Waals surface area contributed by atoms with Gasteiger partial charge in [-0.25, -0.2) is 0 Å². The predicted molar refractivity (Wildman–Crippen MR) is 193 cm³/mol. The predicted octanol–water partition coefficient (Wildman–Crippen LogP) is 6.26. The van der Waals surface area contributed by atoms with Crippen molar-refractivity contribution in [3.05, 3.63) is 70.9 Å². The van der Waals surface area contributed by atoms with Gasteiger partial charge in [0.15, 0.2) is 0 Å². The number of carbonyl (C=O) groups is 2. The molecule has 274 valence electrons. The van der Waals surface area contributed by atoms with Crippen molar-refractivity contribution in [1.29, 1.82) is 0 Å². The molecular weight excluding hydrogens is 674 g/mol. The summed E-state index contributed by atoms with van der Waals surface area (Å²) in [6.45, 7) is 7.29. The minimum Gasteiger partial charge on any atom is -0.342 e. The van der Waals surface area contributed by atoms with Crippen LogP contribution in [0.5, 0.6) is 0 Å². The number of aromatic nitrogens is 2. The van der Waals surface area contributed by atoms with Gasteiger partial charge in [-0.1, -0.05) is 36.4 Å². The molecule has 3 aromatic rings. The van der Waals surface area contributed by atoms with Crippen LogP contribution in [0.2, 0.25) is 0 Å². The SMILES string of the molecule is O=C(CSc1cc(-c2nn(CCCN3CCC(N4CCCC4=O)CC3)c3c2CNCC3)ccc1C(F)(F)F)N1CCC(Cc2ccccc2)CC1. The summed E-state index contributed by atoms with van der Waals surface area (Å²) >= 11 is 0.981. The molecule has 3 fully saturated rings. The number of rotatable bonds is 11. The number of nitrogens with one attached hydrogen (secondary N) is 1. The summed E-state index contributed by atoms with van der Waals surface area (Å²) in [5, 5.41) is 8.43. The minimum atomic E-state index is -4.53. The Labute approximate surface area is 303 Å². The highest BCUT2D eigenvalue weighted by atomic mass is 32.2. The number of alkyl halides is 3. The van der Waals surface area contributed by atoms with E-state index < -0.39 is 11.7 Å². The van der Waals surface area contributed by atoms with Gasteiger partial charge in [0.1, 0.15) is 0 Å². The first-order chi connectivity index (χ1) is 24.7. The quantitative estimate of drug-likeness (QED) is 0.236. The van der Waals surface area contributed by atoms with Crippen LogP contribution in [0.4, 0.5) is 13.2 Å². The molecule has 0 saturated carbocycles. The van der Waals surface area contributed by atoms with E-state index in [-0.39, 0.29) is 16.6 Å². The third kappa shape index (κ3) is 8.66. The van der Waals surface area contributed by atoms with E-state index in [1.54, 1.807) is 6.07 Å². The summed E-state index contributed by atoms with van der Waals surface area (Å²) < 4.78 is 44.7. The molecule has 0 unspecified atom stereocenters. The molecule has 0 spiro atoms. The Bertz CT molecular complexity index is 1660. The number of hydrogen-bond acceptors (Lipinski definition) is 6. The van der Waals surface area contributed by atoms with Gasteiger partial charge < -0.3 is 20.0 Å². The van der Waals surface area contributed by atoms with Crippen LogP contribution >= 0.6 is 11.8 Å². The summed E-state index contributed by atoms with van der Waals surface area (Å²) in [6.07, 6.45) is 3.70. The monoisotopic (exact) mass is 722 g/mol. The highest BCUT2D eigenvalue weighted by Gasteiger charge is 2.35. The lowest BCUT2D eigenvalue weighted by atomic mass is 9.90. The minimum absolute atomic E-state index is 0.0322. The van der Waals surface area contributed by atoms with Crippen molar-refractivity contribution in [3.63, 3.8) is 0 Å². The molecule has 51 heavy (non-hydrogen) atoms. The number of nitrogens with zero attached hydrogens (tertiary/aromatic N) is 5. The van der Waals surface area contributed by atoms with Crippen molar-refractivity contribution in [3.8, 4) is 11.3 Å². The molecule has 0 radical (unpaired) electrons. The van der Waals surface area contributed by atoms with E-state index in [1.165, 1.54) is 11.6 Å². The lowest BCUT2D eigenvalue weighted by molar-refractivity contribution is -0.139. The molecule has 8 nitrogen and oxygen atoms in total. The Morgan fingerprint density at radius 3 is 2.45 bits per heavy atom. The number of carbonyl (C=O) groups excluding carboxylic acids is 2. The maximum atomic E-state index is 14.2. The van der Waals surface area contributed by atoms with Gasteiger partial charge in [-0.15, -0.1) is 11.8 Å². The van der Waals surface area contributed by atoms with Crippen molar-refractivity contribution in [2.24, 2.45) is 5.92 Å². The largest absolute Gasteiger partial charge is 0.417 e. The number of fused-ring (bicyclic) bond motifs is 1. The first kappa shape index (κ1) is 36.0. The molecule has 0 bridgehead atoms. The molecule has 5 heterocycles. The van der Waals surface area contributed by atoms with Gasteiger partial charge >= 0.3 is 6.18 Å². The second kappa shape index (κ2) is 16.1. The number of benzene rings is 2. The van der Waals surface area contributed by atoms with E-state index in [0.717, 1.165) is 125 Å². The molecule has 4 aliphatic heterocycles. The maximum absolute atomic E-state index is 14.2. The number of halogens is 3. The van der Waals surface area contributed by atoms with Crippen LogP contribution < -0.4 is 5.32 Å². The number of aryl methyl sites for hydroxylation is 1. The Balaban J connectivity index is 0.982. The molecule has 2 amide bonds. The van der Waals surface area contributed by atoms with E-state index in [0.29, 0.717) is 49.5 Å². The summed E-state index contributed by atoms with van der Waals surface area (Å²) in [4.78, 5) is 31.9. The molecule has 12 heteroatoms. The van der Waals surface area contributed by atoms with Gasteiger partial charge in [-0.05, 0) is 75.1 Å². The zero-order valence-electron chi connectivity index (χ0n) is 29.3. The van der Waals surface area contributed by atoms with Gasteiger partial charge in [0, 0.05) is 93.0 Å². The van der Waals surface area contributed by atoms with Crippen molar-refractivity contribution in [2.75, 3.05) is 51.6 Å². The lowest BCUT2D eigenvalue weighted by Crippen LogP contribution is -2.45. The number of hydrogen-bond donors (Lipinski definition) is 1. The molecule has 0 atom stereocenters. The van der Waals surface area contributed by atoms with Crippen molar-refractivity contribution < 1.29 is 22.8 Å². The average Bonchev–Trinajstić information content (AvgIpc) is 3.74. The van der Waals surface area contributed by atoms with Crippen molar-refractivity contribution in [1.82, 2.24) is 29.8 Å². The Morgan fingerprint density at radius 1 is 0.941 bits per heavy atom. The first-order valence-corrected chi connectivity index (χ1v) is 19.7. The molecule has 7 rings (SSSR count). The molecule has 1 aromatic heterocycles. The fourth-order valence-electron chi connectivity index (χ4n) is 8.38. The number of thioether (sulfide) groups is 1. The van der Waals surface area contributed by atoms with E-state index >= 15 is 0 Å². The average molecular weight is 723 g/mol. The Kier molecular flexibility index (Phi) is 11.4. The van der Waals surface area contributed by atoms with Crippen LogP contribution in [0.3, 0.4) is 0 Å².